The van der Waals surface area contributed by atoms with E-state index >= 15 is 0 Å². The Bertz CT molecular complexity index is 6710. The van der Waals surface area contributed by atoms with E-state index < -0.39 is 199 Å². The molecule has 18 N–H and O–H groups in total. The fraction of sp³-hybridized carbons (Fsp3) is 0.258. The van der Waals surface area contributed by atoms with Crippen molar-refractivity contribution < 1.29 is 159 Å². The number of esters is 2. The first-order chi connectivity index (χ1) is 68.9. The third-order valence-electron chi connectivity index (χ3n) is 20.8. The minimum Gasteiger partial charge on any atom is -0.478 e. The van der Waals surface area contributed by atoms with Crippen LogP contribution in [-0.4, -0.2) is 248 Å². The van der Waals surface area contributed by atoms with Gasteiger partial charge in [0.25, 0.3) is 47.3 Å². The maximum absolute atomic E-state index is 14.7. The zero-order valence-electron chi connectivity index (χ0n) is 75.1. The van der Waals surface area contributed by atoms with Crippen LogP contribution in [0.25, 0.3) is 22.8 Å². The Morgan fingerprint density at radius 2 is 0.772 bits per heavy atom. The Kier molecular flexibility index (Phi) is 36.1. The predicted molar refractivity (Wildman–Crippen MR) is 483 cm³/mol. The number of hydrogen-bond acceptors (Lipinski definition) is 33. The number of benzene rings is 8. The van der Waals surface area contributed by atoms with Crippen molar-refractivity contribution in [2.24, 2.45) is 16.6 Å². The summed E-state index contributed by atoms with van der Waals surface area (Å²) in [6.45, 7) is 4.62. The van der Waals surface area contributed by atoms with Crippen molar-refractivity contribution in [3.8, 4) is 28.8 Å². The molecule has 6 atom stereocenters. The lowest BCUT2D eigenvalue weighted by Crippen LogP contribution is -2.56. The number of carboxylic acid groups (broad SMARTS) is 1. The number of nitrogens with two attached hydrogens (primary N) is 5. The summed E-state index contributed by atoms with van der Waals surface area (Å²) in [5, 5.41) is 56.7. The predicted octanol–water partition coefficient (Wildman–Crippen LogP) is 4.07. The number of morpholine rings is 6. The third kappa shape index (κ3) is 27.0. The molecule has 2 aromatic heterocycles. The fourth-order valence-electron chi connectivity index (χ4n) is 14.4. The van der Waals surface area contributed by atoms with Crippen molar-refractivity contribution in [3.63, 3.8) is 0 Å². The molecule has 8 heterocycles. The highest BCUT2D eigenvalue weighted by Gasteiger charge is 2.46. The highest BCUT2D eigenvalue weighted by molar-refractivity contribution is 6.08. The SMILES string of the molecule is CC(=O)O[C@@H](C(=O)Nc1cc(F)c(-c2noc(=O)[nH]2)c(F)c1)[C@H]1OCCN(c2cccc(N3CCOCC3=O)c2)C1=O.CC(=O)O[C@@H](C(=O)O)[C@H]1OCCN(c2cccc(N3CCOCC3=O)c2)C1=O.N#Cc1c(F)cc(N)cc1F.N=C(N)c1c(F)cc(NC(=O)[C@H](O)[C@H]2OCCN(c3cccc(N4CCOCC4=O)c3)C2=O)cc1F.NC(=NO)c1c(F)cc(N)cc1F.Nc1cc(F)c(-c2noc(=O)[nH]2)c(F)c1. The van der Waals surface area contributed by atoms with E-state index in [1.54, 1.807) is 77.7 Å². The average Bonchev–Trinajstić information content (AvgIpc) is 1.22. The molecule has 6 aliphatic rings. The molecule has 8 aromatic carbocycles. The topological polar surface area (TPSA) is 674 Å². The highest BCUT2D eigenvalue weighted by Crippen LogP contribution is 2.35. The van der Waals surface area contributed by atoms with E-state index in [1.807, 2.05) is 9.97 Å². The first kappa shape index (κ1) is 108. The van der Waals surface area contributed by atoms with E-state index in [9.17, 15) is 116 Å². The largest absolute Gasteiger partial charge is 0.478 e. The number of carboxylic acids is 1. The van der Waals surface area contributed by atoms with Crippen molar-refractivity contribution >= 4 is 139 Å². The molecule has 6 fully saturated rings. The van der Waals surface area contributed by atoms with Crippen LogP contribution in [0.15, 0.2) is 157 Å². The standard InChI is InChI=1S/C26H23F2N5O9.C23H23F2N5O6.C18H20N2O8.C8H5F2N3O2.C7H7F2N3O.C7H4F2N2/c1-13(34)41-21(24(36)29-14-9-17(27)20(18(28)10-14)23-30-26(38)42-31-23)22-25(37)33(6-8-40-22)16-4-2-3-15(11-16)32-5-7-39-12-19(32)35;24-15-8-12(9-16(25)18(15)21(26)27)28-22(33)19(32)20-23(34)30(5-7-36-20)14-3-1-2-13(10-14)29-4-6-35-11-17(29)31;1-11(21)28-16(18(24)25)15-17(23)20(6-8-27-15)13-4-2-3-12(9-13)19-5-7-26-10-14(19)22;9-4-1-3(11)2-5(10)6(4)7-12-8(14)15-13-7;8-4-1-3(10)2-5(9)6(4)7(11)12-13;8-6-1-4(11)2-7(9)5(6)3-10/h2-4,9-11,21-22H,5-8,12H2,1H3,(H,29,36)(H,30,31,38);1-3,8-10,19-20,32H,4-7,11H2,(H3,26,27)(H,28,33);2-4,9,15-16H,5-8,10H2,1H3,(H,24,25);1-2H,11H2,(H,12,13,14);1-2,13H,10H2,(H2,11,12);1-2H,11H2/t21-,22-;19-,20-;15-,16-;;;/m111.../s1. The van der Waals surface area contributed by atoms with Crippen LogP contribution in [0.2, 0.25) is 0 Å². The lowest BCUT2D eigenvalue weighted by atomic mass is 10.1. The minimum absolute atomic E-state index is 0.00196. The van der Waals surface area contributed by atoms with Crippen molar-refractivity contribution in [1.29, 1.82) is 10.7 Å². The number of nitrogens with zero attached hydrogens (tertiary/aromatic N) is 10. The summed E-state index contributed by atoms with van der Waals surface area (Å²) in [7, 11) is 0. The van der Waals surface area contributed by atoms with Gasteiger partial charge in [-0.25, -0.2) is 58.3 Å². The van der Waals surface area contributed by atoms with Crippen LogP contribution in [0.3, 0.4) is 0 Å². The second-order valence-electron chi connectivity index (χ2n) is 30.6. The second kappa shape index (κ2) is 48.6. The number of nitrogens with one attached hydrogen (secondary N) is 5. The number of amidine groups is 2. The molecule has 6 saturated heterocycles. The van der Waals surface area contributed by atoms with Crippen LogP contribution in [0, 0.1) is 74.9 Å². The molecule has 0 saturated carbocycles. The molecule has 0 radical (unpaired) electrons. The lowest BCUT2D eigenvalue weighted by molar-refractivity contribution is -0.177. The smallest absolute Gasteiger partial charge is 0.439 e. The molecular formula is C89H82F10N20O26. The van der Waals surface area contributed by atoms with Crippen molar-refractivity contribution in [1.82, 2.24) is 20.3 Å². The van der Waals surface area contributed by atoms with Gasteiger partial charge in [0.1, 0.15) is 95.5 Å². The van der Waals surface area contributed by atoms with Gasteiger partial charge in [-0.1, -0.05) is 33.7 Å². The highest BCUT2D eigenvalue weighted by atomic mass is 19.2. The molecule has 8 amide bonds. The van der Waals surface area contributed by atoms with E-state index in [0.717, 1.165) is 74.5 Å². The van der Waals surface area contributed by atoms with Crippen LogP contribution in [-0.2, 0) is 90.6 Å². The second-order valence-corrected chi connectivity index (χ2v) is 30.6. The van der Waals surface area contributed by atoms with Gasteiger partial charge in [-0.2, -0.15) is 5.26 Å². The van der Waals surface area contributed by atoms with Gasteiger partial charge >= 0.3 is 29.4 Å². The summed E-state index contributed by atoms with van der Waals surface area (Å²) in [6.07, 6.45) is -10.2. The van der Waals surface area contributed by atoms with Crippen molar-refractivity contribution in [2.75, 3.05) is 156 Å². The summed E-state index contributed by atoms with van der Waals surface area (Å²) in [6, 6.07) is 29.8. The molecule has 16 rings (SSSR count). The number of halogens is 10. The molecule has 0 bridgehead atoms. The first-order valence-corrected chi connectivity index (χ1v) is 42.1. The molecule has 10 aromatic rings. The summed E-state index contributed by atoms with van der Waals surface area (Å²) < 4.78 is 185. The van der Waals surface area contributed by atoms with E-state index in [4.69, 9.17) is 82.4 Å². The van der Waals surface area contributed by atoms with Gasteiger partial charge in [-0.15, -0.1) is 0 Å². The lowest BCUT2D eigenvalue weighted by Gasteiger charge is -2.35. The number of aliphatic hydroxyl groups is 1. The first-order valence-electron chi connectivity index (χ1n) is 42.1. The number of carbonyl (C=O) groups excluding carboxylic acids is 10. The Balaban J connectivity index is 0.000000176. The molecular weight excluding hydrogens is 1960 g/mol. The Hall–Kier alpha value is -17.5. The summed E-state index contributed by atoms with van der Waals surface area (Å²) in [4.78, 5) is 171. The van der Waals surface area contributed by atoms with Gasteiger partial charge in [0.15, 0.2) is 41.9 Å². The zero-order valence-corrected chi connectivity index (χ0v) is 75.1. The molecule has 0 aliphatic carbocycles. The number of aliphatic carboxylic acids is 1. The van der Waals surface area contributed by atoms with E-state index in [1.165, 1.54) is 30.6 Å². The van der Waals surface area contributed by atoms with Gasteiger partial charge < -0.3 is 122 Å². The van der Waals surface area contributed by atoms with Gasteiger partial charge in [0.05, 0.1) is 61.9 Å². The molecule has 0 spiro atoms. The van der Waals surface area contributed by atoms with E-state index in [-0.39, 0.29) is 111 Å². The van der Waals surface area contributed by atoms with E-state index in [2.05, 4.69) is 35.1 Å². The summed E-state index contributed by atoms with van der Waals surface area (Å²) in [5.74, 6) is -22.7. The van der Waals surface area contributed by atoms with Crippen LogP contribution < -0.4 is 80.2 Å². The normalized spacial score (nSPS) is 17.0. The molecule has 764 valence electrons. The number of ether oxygens (including phenoxy) is 8. The Morgan fingerprint density at radius 1 is 0.462 bits per heavy atom. The summed E-state index contributed by atoms with van der Waals surface area (Å²) in [5.41, 5.74) is 24.6. The zero-order chi connectivity index (χ0) is 106. The van der Waals surface area contributed by atoms with Crippen LogP contribution in [0.5, 0.6) is 0 Å². The number of aromatic nitrogens is 4. The summed E-state index contributed by atoms with van der Waals surface area (Å²) >= 11 is 0. The maximum Gasteiger partial charge on any atom is 0.439 e. The van der Waals surface area contributed by atoms with Gasteiger partial charge in [0, 0.05) is 116 Å². The number of oxime groups is 1. The van der Waals surface area contributed by atoms with Gasteiger partial charge in [-0.3, -0.25) is 72.4 Å². The number of hydrogen-bond donors (Lipinski definition) is 13. The van der Waals surface area contributed by atoms with Crippen LogP contribution in [0.4, 0.5) is 106 Å². The van der Waals surface area contributed by atoms with Gasteiger partial charge in [-0.05, 0) is 115 Å². The number of aromatic amines is 2. The number of amides is 8. The maximum atomic E-state index is 14.7. The monoisotopic (exact) mass is 2040 g/mol. The van der Waals surface area contributed by atoms with Crippen LogP contribution in [0.1, 0.15) is 30.5 Å². The average molecular weight is 2040 g/mol. The Morgan fingerprint density at radius 3 is 1.11 bits per heavy atom. The van der Waals surface area contributed by atoms with Gasteiger partial charge in [0.2, 0.25) is 12.2 Å². The molecule has 56 heteroatoms. The fourth-order valence-corrected chi connectivity index (χ4v) is 14.4. The number of aliphatic hydroxyl groups excluding tert-OH is 1. The number of carbonyl (C=O) groups is 11. The minimum atomic E-state index is -2.00. The number of rotatable bonds is 20. The number of anilines is 11. The van der Waals surface area contributed by atoms with Crippen molar-refractivity contribution in [2.45, 2.75) is 50.5 Å². The Labute approximate surface area is 807 Å². The number of nitrogen functional groups attached to an aromatic ring is 4. The van der Waals surface area contributed by atoms with Crippen molar-refractivity contribution in [3.05, 3.63) is 229 Å². The molecule has 145 heavy (non-hydrogen) atoms. The third-order valence-corrected chi connectivity index (χ3v) is 20.8. The number of nitriles is 1. The quantitative estimate of drug-likeness (QED) is 0.00973. The molecule has 6 aliphatic heterocycles. The van der Waals surface area contributed by atoms with E-state index in [0.29, 0.717) is 73.6 Å². The number of H-pyrrole nitrogens is 2. The molecule has 46 nitrogen and oxygen atoms in total. The van der Waals surface area contributed by atoms with Crippen LogP contribution >= 0.6 is 0 Å². The molecule has 0 unspecified atom stereocenters.